The van der Waals surface area contributed by atoms with E-state index < -0.39 is 0 Å². The number of aryl methyl sites for hydroxylation is 1. The van der Waals surface area contributed by atoms with Gasteiger partial charge in [0.2, 0.25) is 0 Å². The van der Waals surface area contributed by atoms with Gasteiger partial charge in [0.25, 0.3) is 5.91 Å². The van der Waals surface area contributed by atoms with Crippen LogP contribution >= 0.6 is 0 Å². The molecule has 1 atom stereocenters. The number of aromatic amines is 1. The first-order valence-corrected chi connectivity index (χ1v) is 10.1. The van der Waals surface area contributed by atoms with Crippen LogP contribution < -0.4 is 10.2 Å². The van der Waals surface area contributed by atoms with Crippen molar-refractivity contribution in [2.45, 2.75) is 32.2 Å². The third-order valence-electron chi connectivity index (χ3n) is 5.42. The molecule has 0 saturated carbocycles. The second kappa shape index (κ2) is 8.47. The van der Waals surface area contributed by atoms with Gasteiger partial charge in [-0.15, -0.1) is 0 Å². The lowest BCUT2D eigenvalue weighted by Gasteiger charge is -2.33. The number of nitrogens with one attached hydrogen (secondary N) is 2. The second-order valence-electron chi connectivity index (χ2n) is 7.46. The van der Waals surface area contributed by atoms with E-state index in [2.05, 4.69) is 27.3 Å². The van der Waals surface area contributed by atoms with Crippen molar-refractivity contribution >= 4 is 11.7 Å². The van der Waals surface area contributed by atoms with E-state index in [0.29, 0.717) is 12.1 Å². The molecule has 3 aromatic rings. The van der Waals surface area contributed by atoms with Crippen LogP contribution in [0.2, 0.25) is 0 Å². The Morgan fingerprint density at radius 1 is 1.21 bits per heavy atom. The number of anilines is 1. The first-order chi connectivity index (χ1) is 14.1. The normalized spacial score (nSPS) is 16.6. The molecule has 2 aromatic carbocycles. The highest BCUT2D eigenvalue weighted by Gasteiger charge is 2.23. The Hall–Kier alpha value is -3.15. The van der Waals surface area contributed by atoms with E-state index >= 15 is 0 Å². The summed E-state index contributed by atoms with van der Waals surface area (Å²) in [5, 5.41) is 10.6. The van der Waals surface area contributed by atoms with Gasteiger partial charge in [-0.2, -0.15) is 5.10 Å². The Balaban J connectivity index is 1.40. The number of benzene rings is 2. The Morgan fingerprint density at radius 2 is 1.97 bits per heavy atom. The van der Waals surface area contributed by atoms with Crippen LogP contribution in [0.4, 0.5) is 10.2 Å². The number of amides is 1. The van der Waals surface area contributed by atoms with E-state index in [1.165, 1.54) is 17.7 Å². The Labute approximate surface area is 169 Å². The van der Waals surface area contributed by atoms with Gasteiger partial charge in [-0.3, -0.25) is 9.89 Å². The maximum Gasteiger partial charge on any atom is 0.251 e. The summed E-state index contributed by atoms with van der Waals surface area (Å²) in [6, 6.07) is 16.2. The van der Waals surface area contributed by atoms with Crippen molar-refractivity contribution in [3.05, 3.63) is 71.5 Å². The minimum atomic E-state index is -0.257. The SMILES string of the molecule is CCc1ccc(C(=O)NC2CCCN(c3cc(-c4ccc(F)cc4)[nH]n3)C2)cc1. The topological polar surface area (TPSA) is 61.0 Å². The molecule has 0 radical (unpaired) electrons. The van der Waals surface area contributed by atoms with Gasteiger partial charge in [-0.25, -0.2) is 4.39 Å². The fourth-order valence-corrected chi connectivity index (χ4v) is 3.71. The number of hydrogen-bond donors (Lipinski definition) is 2. The monoisotopic (exact) mass is 392 g/mol. The third kappa shape index (κ3) is 4.47. The Bertz CT molecular complexity index is 965. The summed E-state index contributed by atoms with van der Waals surface area (Å²) >= 11 is 0. The van der Waals surface area contributed by atoms with E-state index in [9.17, 15) is 9.18 Å². The number of piperidine rings is 1. The molecule has 1 unspecified atom stereocenters. The smallest absolute Gasteiger partial charge is 0.251 e. The number of nitrogens with zero attached hydrogens (tertiary/aromatic N) is 2. The lowest BCUT2D eigenvalue weighted by Crippen LogP contribution is -2.48. The summed E-state index contributed by atoms with van der Waals surface area (Å²) in [4.78, 5) is 14.8. The van der Waals surface area contributed by atoms with Crippen molar-refractivity contribution in [1.82, 2.24) is 15.5 Å². The first-order valence-electron chi connectivity index (χ1n) is 10.1. The lowest BCUT2D eigenvalue weighted by atomic mass is 10.0. The van der Waals surface area contributed by atoms with Gasteiger partial charge in [0, 0.05) is 30.8 Å². The van der Waals surface area contributed by atoms with E-state index in [-0.39, 0.29) is 17.8 Å². The molecule has 6 heteroatoms. The zero-order chi connectivity index (χ0) is 20.2. The molecular formula is C23H25FN4O. The average Bonchev–Trinajstić information content (AvgIpc) is 3.25. The first kappa shape index (κ1) is 19.2. The molecule has 2 N–H and O–H groups in total. The van der Waals surface area contributed by atoms with Crippen molar-refractivity contribution in [2.24, 2.45) is 0 Å². The summed E-state index contributed by atoms with van der Waals surface area (Å²) in [5.41, 5.74) is 3.66. The standard InChI is InChI=1S/C23H25FN4O/c1-2-16-5-7-18(8-6-16)23(29)25-20-4-3-13-28(15-20)22-14-21(26-27-22)17-9-11-19(24)12-10-17/h5-12,14,20H,2-4,13,15H2,1H3,(H,25,29)(H,26,27). The number of halogens is 1. The molecule has 150 valence electrons. The van der Waals surface area contributed by atoms with Crippen LogP contribution in [0.1, 0.15) is 35.7 Å². The Morgan fingerprint density at radius 3 is 2.69 bits per heavy atom. The summed E-state index contributed by atoms with van der Waals surface area (Å²) in [6.45, 7) is 3.71. The van der Waals surface area contributed by atoms with Crippen molar-refractivity contribution in [1.29, 1.82) is 0 Å². The number of carbonyl (C=O) groups excluding carboxylic acids is 1. The summed E-state index contributed by atoms with van der Waals surface area (Å²) in [5.74, 6) is 0.552. The maximum atomic E-state index is 13.1. The van der Waals surface area contributed by atoms with Crippen LogP contribution in [-0.4, -0.2) is 35.2 Å². The number of carbonyl (C=O) groups is 1. The highest BCUT2D eigenvalue weighted by molar-refractivity contribution is 5.94. The van der Waals surface area contributed by atoms with Crippen LogP contribution in [-0.2, 0) is 6.42 Å². The number of rotatable bonds is 5. The van der Waals surface area contributed by atoms with Gasteiger partial charge in [0.1, 0.15) is 5.82 Å². The zero-order valence-corrected chi connectivity index (χ0v) is 16.5. The largest absolute Gasteiger partial charge is 0.353 e. The summed E-state index contributed by atoms with van der Waals surface area (Å²) < 4.78 is 13.1. The van der Waals surface area contributed by atoms with E-state index in [1.54, 1.807) is 12.1 Å². The molecule has 0 bridgehead atoms. The zero-order valence-electron chi connectivity index (χ0n) is 16.5. The molecule has 1 saturated heterocycles. The van der Waals surface area contributed by atoms with Gasteiger partial charge in [-0.1, -0.05) is 19.1 Å². The minimum Gasteiger partial charge on any atom is -0.353 e. The van der Waals surface area contributed by atoms with Gasteiger partial charge in [-0.05, 0) is 66.8 Å². The predicted octanol–water partition coefficient (Wildman–Crippen LogP) is 4.18. The molecule has 0 spiro atoms. The van der Waals surface area contributed by atoms with Crippen LogP contribution in [0.3, 0.4) is 0 Å². The lowest BCUT2D eigenvalue weighted by molar-refractivity contribution is 0.0933. The molecule has 0 aliphatic carbocycles. The van der Waals surface area contributed by atoms with Crippen LogP contribution in [0.15, 0.2) is 54.6 Å². The number of hydrogen-bond acceptors (Lipinski definition) is 3. The van der Waals surface area contributed by atoms with Gasteiger partial charge >= 0.3 is 0 Å². The maximum absolute atomic E-state index is 13.1. The quantitative estimate of drug-likeness (QED) is 0.685. The molecule has 4 rings (SSSR count). The van der Waals surface area contributed by atoms with E-state index in [1.807, 2.05) is 30.3 Å². The minimum absolute atomic E-state index is 0.0338. The van der Waals surface area contributed by atoms with Crippen LogP contribution in [0.25, 0.3) is 11.3 Å². The highest BCUT2D eigenvalue weighted by Crippen LogP contribution is 2.24. The van der Waals surface area contributed by atoms with Crippen molar-refractivity contribution < 1.29 is 9.18 Å². The van der Waals surface area contributed by atoms with Gasteiger partial charge in [0.15, 0.2) is 5.82 Å². The summed E-state index contributed by atoms with van der Waals surface area (Å²) in [6.07, 6.45) is 2.89. The van der Waals surface area contributed by atoms with Crippen molar-refractivity contribution in [3.8, 4) is 11.3 Å². The van der Waals surface area contributed by atoms with Gasteiger partial charge in [0.05, 0.1) is 5.69 Å². The predicted molar refractivity (Wildman–Crippen MR) is 113 cm³/mol. The molecular weight excluding hydrogens is 367 g/mol. The molecule has 29 heavy (non-hydrogen) atoms. The molecule has 1 aromatic heterocycles. The van der Waals surface area contributed by atoms with E-state index in [4.69, 9.17) is 0 Å². The summed E-state index contributed by atoms with van der Waals surface area (Å²) in [7, 11) is 0. The second-order valence-corrected chi connectivity index (χ2v) is 7.46. The molecule has 2 heterocycles. The fourth-order valence-electron chi connectivity index (χ4n) is 3.71. The average molecular weight is 392 g/mol. The van der Waals surface area contributed by atoms with Crippen molar-refractivity contribution in [3.63, 3.8) is 0 Å². The van der Waals surface area contributed by atoms with Gasteiger partial charge < -0.3 is 10.2 Å². The molecule has 5 nitrogen and oxygen atoms in total. The van der Waals surface area contributed by atoms with Crippen LogP contribution in [0, 0.1) is 5.82 Å². The molecule has 1 aliphatic heterocycles. The highest BCUT2D eigenvalue weighted by atomic mass is 19.1. The number of H-pyrrole nitrogens is 1. The van der Waals surface area contributed by atoms with Crippen molar-refractivity contribution in [2.75, 3.05) is 18.0 Å². The molecule has 1 fully saturated rings. The molecule has 1 aliphatic rings. The van der Waals surface area contributed by atoms with E-state index in [0.717, 1.165) is 42.9 Å². The number of aromatic nitrogens is 2. The fraction of sp³-hybridized carbons (Fsp3) is 0.304. The molecule has 1 amide bonds. The van der Waals surface area contributed by atoms with Crippen LogP contribution in [0.5, 0.6) is 0 Å². The third-order valence-corrected chi connectivity index (χ3v) is 5.42. The Kier molecular flexibility index (Phi) is 5.60.